The van der Waals surface area contributed by atoms with Crippen molar-refractivity contribution in [2.75, 3.05) is 31.1 Å². The average Bonchev–Trinajstić information content (AvgIpc) is 3.49. The van der Waals surface area contributed by atoms with Crippen LogP contribution in [0.4, 0.5) is 5.69 Å². The fourth-order valence-corrected chi connectivity index (χ4v) is 4.54. The number of rotatable bonds is 4. The van der Waals surface area contributed by atoms with Gasteiger partial charge in [-0.15, -0.1) is 0 Å². The van der Waals surface area contributed by atoms with Gasteiger partial charge in [-0.1, -0.05) is 5.16 Å². The van der Waals surface area contributed by atoms with Gasteiger partial charge in [0.25, 0.3) is 0 Å². The smallest absolute Gasteiger partial charge is 0.245 e. The number of aromatic nitrogens is 2. The maximum absolute atomic E-state index is 5.57. The van der Waals surface area contributed by atoms with Gasteiger partial charge in [-0.2, -0.15) is 4.98 Å². The normalized spacial score (nSPS) is 28.7. The van der Waals surface area contributed by atoms with Crippen LogP contribution in [0, 0.1) is 5.92 Å². The van der Waals surface area contributed by atoms with E-state index in [1.807, 2.05) is 0 Å². The van der Waals surface area contributed by atoms with Crippen LogP contribution in [0.3, 0.4) is 0 Å². The summed E-state index contributed by atoms with van der Waals surface area (Å²) in [6, 6.07) is 9.11. The third kappa shape index (κ3) is 3.59. The summed E-state index contributed by atoms with van der Waals surface area (Å²) in [5, 5.41) is 7.65. The van der Waals surface area contributed by atoms with Gasteiger partial charge in [-0.3, -0.25) is 5.43 Å². The van der Waals surface area contributed by atoms with Crippen LogP contribution < -0.4 is 21.1 Å². The van der Waals surface area contributed by atoms with Crippen LogP contribution in [-0.2, 0) is 0 Å². The summed E-state index contributed by atoms with van der Waals surface area (Å²) in [4.78, 5) is 7.12. The Morgan fingerprint density at radius 1 is 1.04 bits per heavy atom. The van der Waals surface area contributed by atoms with E-state index in [-0.39, 0.29) is 6.04 Å². The number of hydrogen-bond acceptors (Lipinski definition) is 7. The maximum atomic E-state index is 5.57. The molecule has 0 aliphatic carbocycles. The van der Waals surface area contributed by atoms with Crippen LogP contribution in [0.2, 0.25) is 0 Å². The number of nitrogens with one attached hydrogen (secondary N) is 3. The Morgan fingerprint density at radius 3 is 2.67 bits per heavy atom. The Kier molecular flexibility index (Phi) is 4.82. The predicted octanol–water partition coefficient (Wildman–Crippen LogP) is 2.24. The first-order valence-electron chi connectivity index (χ1n) is 10.3. The highest BCUT2D eigenvalue weighted by molar-refractivity contribution is 5.60. The first-order chi connectivity index (χ1) is 13.4. The number of benzene rings is 1. The van der Waals surface area contributed by atoms with Crippen molar-refractivity contribution in [3.05, 3.63) is 30.2 Å². The van der Waals surface area contributed by atoms with E-state index in [1.165, 1.54) is 31.4 Å². The van der Waals surface area contributed by atoms with Crippen LogP contribution in [0.5, 0.6) is 0 Å². The summed E-state index contributed by atoms with van der Waals surface area (Å²) in [6.07, 6.45) is 6.14. The molecule has 4 heterocycles. The minimum atomic E-state index is 0.0875. The quantitative estimate of drug-likeness (QED) is 0.764. The Bertz CT molecular complexity index is 748. The van der Waals surface area contributed by atoms with Gasteiger partial charge in [0.05, 0.1) is 0 Å². The molecule has 0 spiro atoms. The third-order valence-corrected chi connectivity index (χ3v) is 6.19. The van der Waals surface area contributed by atoms with Crippen molar-refractivity contribution in [1.29, 1.82) is 0 Å². The summed E-state index contributed by atoms with van der Waals surface area (Å²) < 4.78 is 5.57. The second-order valence-corrected chi connectivity index (χ2v) is 7.99. The molecule has 0 saturated carbocycles. The van der Waals surface area contributed by atoms with Crippen LogP contribution in [-0.4, -0.2) is 42.4 Å². The van der Waals surface area contributed by atoms with E-state index in [1.54, 1.807) is 0 Å². The second-order valence-electron chi connectivity index (χ2n) is 7.99. The fourth-order valence-electron chi connectivity index (χ4n) is 4.54. The highest BCUT2D eigenvalue weighted by atomic mass is 16.5. The molecular weight excluding hydrogens is 340 g/mol. The van der Waals surface area contributed by atoms with Crippen molar-refractivity contribution in [2.24, 2.45) is 5.92 Å². The molecule has 27 heavy (non-hydrogen) atoms. The standard InChI is InChI=1S/C20H28N6O/c1-2-10-26(11-3-1)16-6-4-14(5-7-16)19-22-20(27-25-19)18-12-17(23-24-18)15-8-9-21-13-15/h4-7,15,17-18,21,23-24H,1-3,8-13H2. The second kappa shape index (κ2) is 7.58. The van der Waals surface area contributed by atoms with Crippen molar-refractivity contribution in [3.8, 4) is 11.4 Å². The van der Waals surface area contributed by atoms with E-state index < -0.39 is 0 Å². The van der Waals surface area contributed by atoms with Gasteiger partial charge in [-0.25, -0.2) is 5.43 Å². The number of nitrogens with zero attached hydrogens (tertiary/aromatic N) is 3. The van der Waals surface area contributed by atoms with Gasteiger partial charge >= 0.3 is 0 Å². The van der Waals surface area contributed by atoms with E-state index in [9.17, 15) is 0 Å². The number of anilines is 1. The molecule has 3 saturated heterocycles. The lowest BCUT2D eigenvalue weighted by Crippen LogP contribution is -2.36. The molecule has 1 aromatic heterocycles. The van der Waals surface area contributed by atoms with Crippen molar-refractivity contribution in [1.82, 2.24) is 26.3 Å². The lowest BCUT2D eigenvalue weighted by atomic mass is 9.95. The summed E-state index contributed by atoms with van der Waals surface area (Å²) in [7, 11) is 0. The molecule has 3 atom stereocenters. The largest absolute Gasteiger partial charge is 0.372 e. The van der Waals surface area contributed by atoms with Gasteiger partial charge < -0.3 is 14.7 Å². The molecule has 1 aromatic carbocycles. The summed E-state index contributed by atoms with van der Waals surface area (Å²) in [5.74, 6) is 2.02. The van der Waals surface area contributed by atoms with E-state index in [0.717, 1.165) is 38.2 Å². The first-order valence-corrected chi connectivity index (χ1v) is 10.3. The van der Waals surface area contributed by atoms with Gasteiger partial charge in [0, 0.05) is 30.4 Å². The first kappa shape index (κ1) is 17.2. The zero-order chi connectivity index (χ0) is 18.1. The predicted molar refractivity (Wildman–Crippen MR) is 104 cm³/mol. The van der Waals surface area contributed by atoms with Crippen LogP contribution in [0.1, 0.15) is 44.0 Å². The molecule has 3 N–H and O–H groups in total. The van der Waals surface area contributed by atoms with E-state index >= 15 is 0 Å². The highest BCUT2D eigenvalue weighted by Crippen LogP contribution is 2.29. The van der Waals surface area contributed by atoms with Crippen LogP contribution >= 0.6 is 0 Å². The van der Waals surface area contributed by atoms with Crippen molar-refractivity contribution in [3.63, 3.8) is 0 Å². The minimum absolute atomic E-state index is 0.0875. The molecule has 0 amide bonds. The molecule has 5 rings (SSSR count). The lowest BCUT2D eigenvalue weighted by Gasteiger charge is -2.28. The van der Waals surface area contributed by atoms with Crippen LogP contribution in [0.15, 0.2) is 28.8 Å². The Morgan fingerprint density at radius 2 is 1.89 bits per heavy atom. The molecule has 0 radical (unpaired) electrons. The van der Waals surface area contributed by atoms with E-state index in [2.05, 4.69) is 55.5 Å². The zero-order valence-electron chi connectivity index (χ0n) is 15.7. The van der Waals surface area contributed by atoms with E-state index in [4.69, 9.17) is 4.52 Å². The van der Waals surface area contributed by atoms with Crippen molar-refractivity contribution >= 4 is 5.69 Å². The molecule has 2 aromatic rings. The Labute approximate surface area is 159 Å². The minimum Gasteiger partial charge on any atom is -0.372 e. The lowest BCUT2D eigenvalue weighted by molar-refractivity contribution is 0.339. The third-order valence-electron chi connectivity index (χ3n) is 6.19. The van der Waals surface area contributed by atoms with Crippen LogP contribution in [0.25, 0.3) is 11.4 Å². The van der Waals surface area contributed by atoms with Gasteiger partial charge in [-0.05, 0) is 75.4 Å². The molecule has 7 heteroatoms. The molecule has 7 nitrogen and oxygen atoms in total. The SMILES string of the molecule is c1cc(N2CCCCC2)ccc1-c1noc(C2CC(C3CCNC3)NN2)n1. The summed E-state index contributed by atoms with van der Waals surface area (Å²) >= 11 is 0. The molecule has 144 valence electrons. The molecule has 3 aliphatic rings. The van der Waals surface area contributed by atoms with Gasteiger partial charge in [0.15, 0.2) is 0 Å². The molecule has 0 bridgehead atoms. The van der Waals surface area contributed by atoms with Gasteiger partial charge in [0.2, 0.25) is 11.7 Å². The number of hydrogen-bond donors (Lipinski definition) is 3. The monoisotopic (exact) mass is 368 g/mol. The average molecular weight is 368 g/mol. The number of piperidine rings is 1. The van der Waals surface area contributed by atoms with Gasteiger partial charge in [0.1, 0.15) is 6.04 Å². The Balaban J connectivity index is 1.25. The van der Waals surface area contributed by atoms with Crippen molar-refractivity contribution in [2.45, 2.75) is 44.2 Å². The molecular formula is C20H28N6O. The fraction of sp³-hybridized carbons (Fsp3) is 0.600. The molecule has 3 aliphatic heterocycles. The highest BCUT2D eigenvalue weighted by Gasteiger charge is 2.35. The summed E-state index contributed by atoms with van der Waals surface area (Å²) in [5.41, 5.74) is 9.05. The van der Waals surface area contributed by atoms with Crippen molar-refractivity contribution < 1.29 is 4.52 Å². The maximum Gasteiger partial charge on any atom is 0.245 e. The zero-order valence-corrected chi connectivity index (χ0v) is 15.7. The van der Waals surface area contributed by atoms with E-state index in [0.29, 0.717) is 23.7 Å². The topological polar surface area (TPSA) is 78.2 Å². The molecule has 3 unspecified atom stereocenters. The summed E-state index contributed by atoms with van der Waals surface area (Å²) in [6.45, 7) is 4.52. The Hall–Kier alpha value is -1.96. The molecule has 3 fully saturated rings. The number of hydrazine groups is 1.